The lowest BCUT2D eigenvalue weighted by molar-refractivity contribution is 0.0709. The van der Waals surface area contributed by atoms with Gasteiger partial charge in [-0.15, -0.1) is 0 Å². The van der Waals surface area contributed by atoms with Crippen molar-refractivity contribution in [3.05, 3.63) is 92.6 Å². The van der Waals surface area contributed by atoms with E-state index in [-0.39, 0.29) is 29.5 Å². The van der Waals surface area contributed by atoms with Crippen molar-refractivity contribution in [3.63, 3.8) is 0 Å². The Kier molecular flexibility index (Phi) is 7.73. The fourth-order valence-corrected chi connectivity index (χ4v) is 4.72. The summed E-state index contributed by atoms with van der Waals surface area (Å²) in [6.45, 7) is 6.01. The molecule has 0 aliphatic carbocycles. The summed E-state index contributed by atoms with van der Waals surface area (Å²) in [7, 11) is 0. The fourth-order valence-electron chi connectivity index (χ4n) is 4.48. The van der Waals surface area contributed by atoms with Crippen LogP contribution in [-0.2, 0) is 11.3 Å². The highest BCUT2D eigenvalue weighted by Gasteiger charge is 2.33. The van der Waals surface area contributed by atoms with E-state index in [4.69, 9.17) is 16.3 Å². The van der Waals surface area contributed by atoms with Gasteiger partial charge >= 0.3 is 6.09 Å². The number of pyridine rings is 2. The van der Waals surface area contributed by atoms with Gasteiger partial charge in [-0.1, -0.05) is 35.9 Å². The van der Waals surface area contributed by atoms with E-state index in [1.54, 1.807) is 41.6 Å². The number of hydrogen-bond acceptors (Lipinski definition) is 6. The molecule has 8 nitrogen and oxygen atoms in total. The second kappa shape index (κ2) is 10.9. The average molecular weight is 497 g/mol. The number of ether oxygens (including phenoxy) is 1. The first-order valence-electron chi connectivity index (χ1n) is 11.6. The molecular formula is C26H29ClN4O4. The number of aromatic hydroxyl groups is 1. The summed E-state index contributed by atoms with van der Waals surface area (Å²) < 4.78 is 6.76. The summed E-state index contributed by atoms with van der Waals surface area (Å²) in [5, 5.41) is 11.5. The van der Waals surface area contributed by atoms with Gasteiger partial charge in [-0.2, -0.15) is 0 Å². The number of hydrogen-bond donors (Lipinski definition) is 1. The molecule has 184 valence electrons. The molecule has 1 aliphatic rings. The smallest absolute Gasteiger partial charge is 0.409 e. The lowest BCUT2D eigenvalue weighted by Gasteiger charge is -2.39. The number of nitrogens with zero attached hydrogens (tertiary/aromatic N) is 4. The summed E-state index contributed by atoms with van der Waals surface area (Å²) in [6, 6.07) is 13.9. The molecule has 1 N–H and O–H groups in total. The monoisotopic (exact) mass is 496 g/mol. The minimum Gasteiger partial charge on any atom is -0.507 e. The van der Waals surface area contributed by atoms with Gasteiger partial charge in [0.1, 0.15) is 5.75 Å². The number of amides is 1. The molecule has 2 aromatic heterocycles. The van der Waals surface area contributed by atoms with Gasteiger partial charge in [-0.3, -0.25) is 14.7 Å². The third-order valence-electron chi connectivity index (χ3n) is 6.25. The maximum atomic E-state index is 13.9. The van der Waals surface area contributed by atoms with Crippen molar-refractivity contribution in [3.8, 4) is 5.75 Å². The SMILES string of the molecule is CCOC(=O)N1CCN(C(c2ccccc2Cl)c2c(O)cc(C)n(Cc3ccccn3)c2=O)CC1. The van der Waals surface area contributed by atoms with Crippen LogP contribution >= 0.6 is 11.6 Å². The number of carbonyl (C=O) groups is 1. The van der Waals surface area contributed by atoms with E-state index in [0.717, 1.165) is 11.3 Å². The van der Waals surface area contributed by atoms with Gasteiger partial charge in [-0.25, -0.2) is 4.79 Å². The Labute approximate surface area is 209 Å². The van der Waals surface area contributed by atoms with Crippen LogP contribution in [0, 0.1) is 6.92 Å². The van der Waals surface area contributed by atoms with Crippen LogP contribution in [0.2, 0.25) is 5.02 Å². The molecule has 0 bridgehead atoms. The molecule has 3 aromatic rings. The van der Waals surface area contributed by atoms with Crippen LogP contribution in [0.5, 0.6) is 5.75 Å². The van der Waals surface area contributed by atoms with E-state index in [1.165, 1.54) is 0 Å². The van der Waals surface area contributed by atoms with Gasteiger partial charge in [0, 0.05) is 43.1 Å². The minimum atomic E-state index is -0.587. The van der Waals surface area contributed by atoms with Crippen molar-refractivity contribution in [1.82, 2.24) is 19.4 Å². The number of benzene rings is 1. The molecule has 0 radical (unpaired) electrons. The fraction of sp³-hybridized carbons (Fsp3) is 0.346. The van der Waals surface area contributed by atoms with Gasteiger partial charge in [0.2, 0.25) is 0 Å². The van der Waals surface area contributed by atoms with E-state index in [9.17, 15) is 14.7 Å². The molecule has 1 amide bonds. The summed E-state index contributed by atoms with van der Waals surface area (Å²) >= 11 is 6.60. The molecule has 1 aromatic carbocycles. The first-order valence-corrected chi connectivity index (χ1v) is 12.0. The van der Waals surface area contributed by atoms with E-state index < -0.39 is 6.04 Å². The number of piperazine rings is 1. The maximum Gasteiger partial charge on any atom is 0.409 e. The Balaban J connectivity index is 1.76. The molecule has 1 saturated heterocycles. The third-order valence-corrected chi connectivity index (χ3v) is 6.59. The number of rotatable bonds is 6. The van der Waals surface area contributed by atoms with Gasteiger partial charge in [0.25, 0.3) is 5.56 Å². The van der Waals surface area contributed by atoms with Crippen LogP contribution < -0.4 is 5.56 Å². The molecule has 9 heteroatoms. The van der Waals surface area contributed by atoms with Crippen LogP contribution in [0.15, 0.2) is 59.5 Å². The van der Waals surface area contributed by atoms with Crippen molar-refractivity contribution < 1.29 is 14.6 Å². The topological polar surface area (TPSA) is 87.9 Å². The van der Waals surface area contributed by atoms with Gasteiger partial charge in [0.15, 0.2) is 0 Å². The highest BCUT2D eigenvalue weighted by molar-refractivity contribution is 6.31. The summed E-state index contributed by atoms with van der Waals surface area (Å²) in [4.78, 5) is 34.1. The number of halogens is 1. The average Bonchev–Trinajstić information content (AvgIpc) is 2.86. The largest absolute Gasteiger partial charge is 0.507 e. The molecule has 3 heterocycles. The van der Waals surface area contributed by atoms with Gasteiger partial charge < -0.3 is 19.3 Å². The Hall–Kier alpha value is -3.36. The van der Waals surface area contributed by atoms with Crippen molar-refractivity contribution in [2.24, 2.45) is 0 Å². The number of aromatic nitrogens is 2. The highest BCUT2D eigenvalue weighted by Crippen LogP contribution is 2.36. The predicted molar refractivity (Wildman–Crippen MR) is 134 cm³/mol. The Morgan fingerprint density at radius 2 is 1.86 bits per heavy atom. The number of aryl methyl sites for hydroxylation is 1. The van der Waals surface area contributed by atoms with Crippen molar-refractivity contribution >= 4 is 17.7 Å². The summed E-state index contributed by atoms with van der Waals surface area (Å²) in [5.41, 5.74) is 2.05. The Morgan fingerprint density at radius 1 is 1.14 bits per heavy atom. The highest BCUT2D eigenvalue weighted by atomic mass is 35.5. The van der Waals surface area contributed by atoms with E-state index in [0.29, 0.717) is 43.5 Å². The molecular weight excluding hydrogens is 468 g/mol. The normalized spacial score (nSPS) is 15.1. The van der Waals surface area contributed by atoms with E-state index in [2.05, 4.69) is 9.88 Å². The zero-order valence-corrected chi connectivity index (χ0v) is 20.6. The molecule has 1 atom stereocenters. The maximum absolute atomic E-state index is 13.9. The lowest BCUT2D eigenvalue weighted by atomic mass is 9.96. The zero-order chi connectivity index (χ0) is 24.9. The minimum absolute atomic E-state index is 0.0810. The van der Waals surface area contributed by atoms with Crippen LogP contribution in [0.25, 0.3) is 0 Å². The van der Waals surface area contributed by atoms with Crippen LogP contribution in [0.1, 0.15) is 35.5 Å². The van der Waals surface area contributed by atoms with Crippen LogP contribution in [-0.4, -0.2) is 63.3 Å². The second-order valence-electron chi connectivity index (χ2n) is 8.44. The summed E-state index contributed by atoms with van der Waals surface area (Å²) in [6.07, 6.45) is 1.34. The molecule has 4 rings (SSSR count). The molecule has 1 aliphatic heterocycles. The third kappa shape index (κ3) is 5.33. The quantitative estimate of drug-likeness (QED) is 0.558. The second-order valence-corrected chi connectivity index (χ2v) is 8.85. The molecule has 0 spiro atoms. The van der Waals surface area contributed by atoms with E-state index >= 15 is 0 Å². The molecule has 1 fully saturated rings. The van der Waals surface area contributed by atoms with E-state index in [1.807, 2.05) is 36.4 Å². The Bertz CT molecular complexity index is 1240. The van der Waals surface area contributed by atoms with Crippen molar-refractivity contribution in [1.29, 1.82) is 0 Å². The molecule has 0 saturated carbocycles. The Morgan fingerprint density at radius 3 is 2.51 bits per heavy atom. The van der Waals surface area contributed by atoms with Gasteiger partial charge in [-0.05, 0) is 43.7 Å². The first-order chi connectivity index (χ1) is 16.9. The molecule has 1 unspecified atom stereocenters. The predicted octanol–water partition coefficient (Wildman–Crippen LogP) is 3.82. The zero-order valence-electron chi connectivity index (χ0n) is 19.9. The van der Waals surface area contributed by atoms with Crippen molar-refractivity contribution in [2.45, 2.75) is 26.4 Å². The molecule has 35 heavy (non-hydrogen) atoms. The number of carbonyl (C=O) groups excluding carboxylic acids is 1. The van der Waals surface area contributed by atoms with Crippen LogP contribution in [0.4, 0.5) is 4.79 Å². The summed E-state index contributed by atoms with van der Waals surface area (Å²) in [5.74, 6) is -0.0810. The van der Waals surface area contributed by atoms with Gasteiger partial charge in [0.05, 0.1) is 30.5 Å². The standard InChI is InChI=1S/C26H29ClN4O4/c1-3-35-26(34)30-14-12-29(13-15-30)24(20-9-4-5-10-21(20)27)23-22(32)16-18(2)31(25(23)33)17-19-8-6-7-11-28-19/h4-11,16,24,32H,3,12-15,17H2,1-2H3. The van der Waals surface area contributed by atoms with Crippen LogP contribution in [0.3, 0.4) is 0 Å². The lowest BCUT2D eigenvalue weighted by Crippen LogP contribution is -2.50. The van der Waals surface area contributed by atoms with Crippen molar-refractivity contribution in [2.75, 3.05) is 32.8 Å². The first kappa shape index (κ1) is 24.8.